The van der Waals surface area contributed by atoms with Crippen molar-refractivity contribution in [2.75, 3.05) is 31.6 Å². The summed E-state index contributed by atoms with van der Waals surface area (Å²) in [7, 11) is 2.01. The summed E-state index contributed by atoms with van der Waals surface area (Å²) in [5, 5.41) is 4.13. The maximum atomic E-state index is 12.7. The Morgan fingerprint density at radius 3 is 2.32 bits per heavy atom. The number of aromatic nitrogens is 2. The van der Waals surface area contributed by atoms with Gasteiger partial charge in [-0.2, -0.15) is 0 Å². The lowest BCUT2D eigenvalue weighted by Gasteiger charge is -2.30. The van der Waals surface area contributed by atoms with Gasteiger partial charge < -0.3 is 15.0 Å². The topological polar surface area (TPSA) is 67.4 Å². The number of halogens is 1. The fourth-order valence-corrected chi connectivity index (χ4v) is 5.75. The highest BCUT2D eigenvalue weighted by atomic mass is 35.5. The average Bonchev–Trinajstić information content (AvgIpc) is 3.01. The molecule has 6 nitrogen and oxygen atoms in total. The smallest absolute Gasteiger partial charge is 0.251 e. The van der Waals surface area contributed by atoms with Gasteiger partial charge in [0.2, 0.25) is 0 Å². The lowest BCUT2D eigenvalue weighted by molar-refractivity contribution is 0.0952. The molecule has 1 heterocycles. The Hall–Kier alpha value is -2.77. The minimum atomic E-state index is -0.0620. The lowest BCUT2D eigenvalue weighted by Crippen LogP contribution is -2.24. The largest absolute Gasteiger partial charge is 0.493 e. The minimum absolute atomic E-state index is 0.0369. The van der Waals surface area contributed by atoms with Gasteiger partial charge >= 0.3 is 0 Å². The van der Waals surface area contributed by atoms with Crippen LogP contribution in [-0.2, 0) is 16.6 Å². The Kier molecular flexibility index (Phi) is 13.4. The summed E-state index contributed by atoms with van der Waals surface area (Å²) in [5.41, 5.74) is 4.55. The van der Waals surface area contributed by atoms with Gasteiger partial charge in [-0.25, -0.2) is 9.97 Å². The van der Waals surface area contributed by atoms with Crippen molar-refractivity contribution in [1.82, 2.24) is 15.3 Å². The third kappa shape index (κ3) is 10.1. The molecule has 0 unspecified atom stereocenters. The summed E-state index contributed by atoms with van der Waals surface area (Å²) in [4.78, 5) is 23.8. The molecule has 0 atom stereocenters. The number of unbranched alkanes of at least 4 members (excludes halogenated alkanes) is 1. The van der Waals surface area contributed by atoms with Crippen LogP contribution in [0.5, 0.6) is 5.75 Å². The van der Waals surface area contributed by atoms with Crippen LogP contribution in [0, 0.1) is 0 Å². The summed E-state index contributed by atoms with van der Waals surface area (Å²) in [5.74, 6) is 2.42. The number of anilines is 1. The molecular formula is C36H51ClN4O2S. The van der Waals surface area contributed by atoms with Crippen LogP contribution in [-0.4, -0.2) is 42.6 Å². The molecular weight excluding hydrogens is 588 g/mol. The standard InChI is InChI=1S/C36H51ClN4O2S/c1-9-21-41(8)32-24-31(37)39-34(40-32)44-25-26-14-16-27(17-15-26)33(42)38-20-12-13-22-43-30-19-18-28(35(4,5)10-2)23-29(30)36(6,7)11-3/h14-19,23-24H,9-13,20-22,25H2,1-8H3,(H,38,42). The Balaban J connectivity index is 1.45. The molecule has 3 rings (SSSR count). The van der Waals surface area contributed by atoms with Crippen molar-refractivity contribution in [3.8, 4) is 5.75 Å². The van der Waals surface area contributed by atoms with Gasteiger partial charge in [-0.15, -0.1) is 0 Å². The second-order valence-corrected chi connectivity index (χ2v) is 14.1. The highest BCUT2D eigenvalue weighted by Crippen LogP contribution is 2.38. The van der Waals surface area contributed by atoms with Crippen LogP contribution in [0.4, 0.5) is 5.82 Å². The molecule has 0 aliphatic carbocycles. The highest BCUT2D eigenvalue weighted by Gasteiger charge is 2.26. The first kappa shape index (κ1) is 35.7. The molecule has 1 N–H and O–H groups in total. The molecule has 0 aliphatic heterocycles. The molecule has 2 aromatic carbocycles. The predicted molar refractivity (Wildman–Crippen MR) is 187 cm³/mol. The van der Waals surface area contributed by atoms with Gasteiger partial charge in [0.1, 0.15) is 16.7 Å². The number of amides is 1. The van der Waals surface area contributed by atoms with Gasteiger partial charge in [0.25, 0.3) is 5.91 Å². The molecule has 0 bridgehead atoms. The van der Waals surface area contributed by atoms with E-state index in [0.717, 1.165) is 55.8 Å². The maximum absolute atomic E-state index is 12.7. The molecule has 1 amide bonds. The van der Waals surface area contributed by atoms with Crippen molar-refractivity contribution < 1.29 is 9.53 Å². The van der Waals surface area contributed by atoms with E-state index >= 15 is 0 Å². The SMILES string of the molecule is CCCN(C)c1cc(Cl)nc(SCc2ccc(C(=O)NCCCCOc3ccc(C(C)(C)CC)cc3C(C)(C)CC)cc2)n1. The second kappa shape index (κ2) is 16.5. The molecule has 240 valence electrons. The van der Waals surface area contributed by atoms with Gasteiger partial charge in [0, 0.05) is 43.1 Å². The van der Waals surface area contributed by atoms with Crippen LogP contribution in [0.2, 0.25) is 5.15 Å². The molecule has 44 heavy (non-hydrogen) atoms. The third-order valence-corrected chi connectivity index (χ3v) is 9.68. The molecule has 0 aliphatic rings. The fourth-order valence-electron chi connectivity index (χ4n) is 4.71. The highest BCUT2D eigenvalue weighted by molar-refractivity contribution is 7.98. The Morgan fingerprint density at radius 1 is 0.955 bits per heavy atom. The second-order valence-electron chi connectivity index (χ2n) is 12.7. The van der Waals surface area contributed by atoms with E-state index in [1.54, 1.807) is 6.07 Å². The van der Waals surface area contributed by atoms with Crippen molar-refractivity contribution in [3.05, 3.63) is 75.9 Å². The van der Waals surface area contributed by atoms with E-state index in [2.05, 4.69) is 86.8 Å². The van der Waals surface area contributed by atoms with Gasteiger partial charge in [-0.1, -0.05) is 96.1 Å². The van der Waals surface area contributed by atoms with E-state index < -0.39 is 0 Å². The first-order chi connectivity index (χ1) is 20.9. The van der Waals surface area contributed by atoms with Crippen LogP contribution >= 0.6 is 23.4 Å². The summed E-state index contributed by atoms with van der Waals surface area (Å²) >= 11 is 7.77. The van der Waals surface area contributed by atoms with Gasteiger partial charge in [-0.3, -0.25) is 4.79 Å². The zero-order chi connectivity index (χ0) is 32.3. The monoisotopic (exact) mass is 638 g/mol. The number of ether oxygens (including phenoxy) is 1. The minimum Gasteiger partial charge on any atom is -0.493 e. The van der Waals surface area contributed by atoms with Crippen molar-refractivity contribution >= 4 is 35.1 Å². The Bertz CT molecular complexity index is 1360. The Morgan fingerprint density at radius 2 is 1.66 bits per heavy atom. The third-order valence-electron chi connectivity index (χ3n) is 8.57. The molecule has 3 aromatic rings. The van der Waals surface area contributed by atoms with E-state index in [1.165, 1.54) is 22.9 Å². The number of hydrogen-bond donors (Lipinski definition) is 1. The van der Waals surface area contributed by atoms with Crippen molar-refractivity contribution in [1.29, 1.82) is 0 Å². The van der Waals surface area contributed by atoms with Gasteiger partial charge in [-0.05, 0) is 72.3 Å². The molecule has 1 aromatic heterocycles. The van der Waals surface area contributed by atoms with E-state index in [9.17, 15) is 4.79 Å². The van der Waals surface area contributed by atoms with Crippen molar-refractivity contribution in [2.45, 2.75) is 102 Å². The van der Waals surface area contributed by atoms with Crippen molar-refractivity contribution in [2.24, 2.45) is 0 Å². The zero-order valence-corrected chi connectivity index (χ0v) is 29.5. The number of hydrogen-bond acceptors (Lipinski definition) is 6. The summed E-state index contributed by atoms with van der Waals surface area (Å²) in [6.07, 6.45) is 4.88. The van der Waals surface area contributed by atoms with E-state index in [0.29, 0.717) is 34.8 Å². The van der Waals surface area contributed by atoms with E-state index in [4.69, 9.17) is 16.3 Å². The zero-order valence-electron chi connectivity index (χ0n) is 27.9. The Labute approximate surface area is 274 Å². The first-order valence-electron chi connectivity index (χ1n) is 15.9. The van der Waals surface area contributed by atoms with Crippen LogP contribution in [0.15, 0.2) is 53.7 Å². The number of carbonyl (C=O) groups excluding carboxylic acids is 1. The molecule has 0 saturated carbocycles. The van der Waals surface area contributed by atoms with Crippen LogP contribution in [0.25, 0.3) is 0 Å². The van der Waals surface area contributed by atoms with Crippen LogP contribution in [0.1, 0.15) is 108 Å². The number of nitrogens with one attached hydrogen (secondary N) is 1. The predicted octanol–water partition coefficient (Wildman–Crippen LogP) is 9.23. The quantitative estimate of drug-likeness (QED) is 0.0688. The molecule has 0 saturated heterocycles. The lowest BCUT2D eigenvalue weighted by atomic mass is 9.76. The van der Waals surface area contributed by atoms with Crippen LogP contribution < -0.4 is 15.0 Å². The number of rotatable bonds is 17. The number of nitrogens with zero attached hydrogens (tertiary/aromatic N) is 3. The first-order valence-corrected chi connectivity index (χ1v) is 17.3. The summed E-state index contributed by atoms with van der Waals surface area (Å²) in [6.45, 7) is 17.9. The average molecular weight is 639 g/mol. The fraction of sp³-hybridized carbons (Fsp3) is 0.528. The number of thioether (sulfide) groups is 1. The molecule has 0 radical (unpaired) electrons. The molecule has 0 spiro atoms. The number of carbonyl (C=O) groups is 1. The van der Waals surface area contributed by atoms with Gasteiger partial charge in [0.15, 0.2) is 5.16 Å². The summed E-state index contributed by atoms with van der Waals surface area (Å²) in [6, 6.07) is 16.2. The number of benzene rings is 2. The summed E-state index contributed by atoms with van der Waals surface area (Å²) < 4.78 is 6.29. The van der Waals surface area contributed by atoms with E-state index in [-0.39, 0.29) is 16.7 Å². The normalized spacial score (nSPS) is 11.8. The molecule has 0 fully saturated rings. The van der Waals surface area contributed by atoms with E-state index in [1.807, 2.05) is 31.3 Å². The van der Waals surface area contributed by atoms with Crippen molar-refractivity contribution in [3.63, 3.8) is 0 Å². The van der Waals surface area contributed by atoms with Gasteiger partial charge in [0.05, 0.1) is 6.61 Å². The van der Waals surface area contributed by atoms with Crippen LogP contribution in [0.3, 0.4) is 0 Å². The molecule has 8 heteroatoms. The maximum Gasteiger partial charge on any atom is 0.251 e.